The van der Waals surface area contributed by atoms with Crippen LogP contribution in [0.3, 0.4) is 0 Å². The van der Waals surface area contributed by atoms with Gasteiger partial charge in [0.2, 0.25) is 5.78 Å². The van der Waals surface area contributed by atoms with E-state index in [2.05, 4.69) is 0 Å². The first-order chi connectivity index (χ1) is 9.75. The number of hydrogen-bond acceptors (Lipinski definition) is 2. The van der Waals surface area contributed by atoms with Crippen LogP contribution in [0, 0.1) is 0 Å². The van der Waals surface area contributed by atoms with Crippen LogP contribution < -0.4 is 0 Å². The smallest absolute Gasteiger partial charge is 0.295 e. The highest BCUT2D eigenvalue weighted by atomic mass is 16.2. The van der Waals surface area contributed by atoms with E-state index in [9.17, 15) is 9.59 Å². The van der Waals surface area contributed by atoms with E-state index >= 15 is 0 Å². The van der Waals surface area contributed by atoms with E-state index in [0.717, 1.165) is 18.4 Å². The van der Waals surface area contributed by atoms with Crippen molar-refractivity contribution in [2.75, 3.05) is 6.54 Å². The Morgan fingerprint density at radius 3 is 2.40 bits per heavy atom. The zero-order valence-corrected chi connectivity index (χ0v) is 11.5. The zero-order valence-electron chi connectivity index (χ0n) is 11.5. The number of carbonyl (C=O) groups is 2. The van der Waals surface area contributed by atoms with Gasteiger partial charge in [-0.05, 0) is 24.5 Å². The molecule has 0 atom stereocenters. The van der Waals surface area contributed by atoms with Crippen molar-refractivity contribution >= 4 is 17.8 Å². The zero-order chi connectivity index (χ0) is 13.9. The second kappa shape index (κ2) is 5.61. The predicted molar refractivity (Wildman–Crippen MR) is 78.0 cm³/mol. The molecular formula is C17H19NO2. The van der Waals surface area contributed by atoms with Crippen LogP contribution in [-0.2, 0) is 9.59 Å². The van der Waals surface area contributed by atoms with Crippen LogP contribution in [0.5, 0.6) is 0 Å². The summed E-state index contributed by atoms with van der Waals surface area (Å²) in [4.78, 5) is 26.0. The largest absolute Gasteiger partial charge is 0.328 e. The maximum Gasteiger partial charge on any atom is 0.295 e. The lowest BCUT2D eigenvalue weighted by atomic mass is 9.94. The molecule has 1 aliphatic carbocycles. The molecule has 2 aliphatic rings. The Balaban J connectivity index is 1.80. The third-order valence-electron chi connectivity index (χ3n) is 4.24. The van der Waals surface area contributed by atoms with Gasteiger partial charge in [0.15, 0.2) is 0 Å². The number of nitrogens with zero attached hydrogens (tertiary/aromatic N) is 1. The van der Waals surface area contributed by atoms with E-state index < -0.39 is 0 Å². The van der Waals surface area contributed by atoms with E-state index in [-0.39, 0.29) is 17.7 Å². The van der Waals surface area contributed by atoms with Gasteiger partial charge in [0.25, 0.3) is 5.91 Å². The average Bonchev–Trinajstić information content (AvgIpc) is 2.78. The number of Topliss-reactive ketones (excluding diaryl/α,β-unsaturated/α-hetero) is 1. The van der Waals surface area contributed by atoms with Crippen LogP contribution >= 0.6 is 0 Å². The molecule has 1 heterocycles. The van der Waals surface area contributed by atoms with Crippen molar-refractivity contribution in [3.05, 3.63) is 41.5 Å². The van der Waals surface area contributed by atoms with E-state index in [1.54, 1.807) is 4.90 Å². The van der Waals surface area contributed by atoms with Gasteiger partial charge in [0.05, 0.1) is 6.54 Å². The van der Waals surface area contributed by atoms with Gasteiger partial charge >= 0.3 is 0 Å². The summed E-state index contributed by atoms with van der Waals surface area (Å²) in [6, 6.07) is 9.99. The molecule has 20 heavy (non-hydrogen) atoms. The molecule has 2 fully saturated rings. The average molecular weight is 269 g/mol. The van der Waals surface area contributed by atoms with Crippen LogP contribution in [0.15, 0.2) is 35.9 Å². The first-order valence-corrected chi connectivity index (χ1v) is 7.36. The van der Waals surface area contributed by atoms with Crippen molar-refractivity contribution in [2.24, 2.45) is 0 Å². The van der Waals surface area contributed by atoms with Gasteiger partial charge in [0, 0.05) is 11.6 Å². The fourth-order valence-electron chi connectivity index (χ4n) is 3.14. The maximum atomic E-state index is 12.1. The molecule has 3 heteroatoms. The summed E-state index contributed by atoms with van der Waals surface area (Å²) in [5, 5.41) is 0. The van der Waals surface area contributed by atoms with E-state index in [1.807, 2.05) is 36.4 Å². The summed E-state index contributed by atoms with van der Waals surface area (Å²) in [6.07, 6.45) is 7.51. The molecule has 1 aromatic rings. The summed E-state index contributed by atoms with van der Waals surface area (Å²) in [5.41, 5.74) is 1.61. The summed E-state index contributed by atoms with van der Waals surface area (Å²) in [5.74, 6) is -0.626. The normalized spacial score (nSPS) is 22.8. The Morgan fingerprint density at radius 1 is 1.00 bits per heavy atom. The van der Waals surface area contributed by atoms with Crippen LogP contribution in [0.25, 0.3) is 6.08 Å². The molecule has 0 unspecified atom stereocenters. The fourth-order valence-corrected chi connectivity index (χ4v) is 3.14. The Kier molecular flexibility index (Phi) is 3.68. The molecule has 0 spiro atoms. The Hall–Kier alpha value is -1.90. The Bertz CT molecular complexity index is 541. The number of benzene rings is 1. The van der Waals surface area contributed by atoms with Crippen molar-refractivity contribution < 1.29 is 9.59 Å². The van der Waals surface area contributed by atoms with Gasteiger partial charge in [-0.2, -0.15) is 0 Å². The first-order valence-electron chi connectivity index (χ1n) is 7.36. The van der Waals surface area contributed by atoms with Gasteiger partial charge in [-0.25, -0.2) is 0 Å². The quantitative estimate of drug-likeness (QED) is 0.611. The molecule has 104 valence electrons. The third kappa shape index (κ3) is 2.53. The van der Waals surface area contributed by atoms with Gasteiger partial charge in [-0.15, -0.1) is 0 Å². The predicted octanol–water partition coefficient (Wildman–Crippen LogP) is 2.81. The van der Waals surface area contributed by atoms with E-state index in [0.29, 0.717) is 12.1 Å². The first kappa shape index (κ1) is 13.1. The van der Waals surface area contributed by atoms with Gasteiger partial charge in [0.1, 0.15) is 0 Å². The highest BCUT2D eigenvalue weighted by Crippen LogP contribution is 2.27. The molecule has 3 rings (SSSR count). The van der Waals surface area contributed by atoms with Crippen molar-refractivity contribution in [1.29, 1.82) is 0 Å². The number of carbonyl (C=O) groups excluding carboxylic acids is 2. The molecule has 1 amide bonds. The molecule has 1 saturated carbocycles. The Morgan fingerprint density at radius 2 is 1.70 bits per heavy atom. The van der Waals surface area contributed by atoms with Gasteiger partial charge in [-0.1, -0.05) is 49.6 Å². The summed E-state index contributed by atoms with van der Waals surface area (Å²) in [6.45, 7) is 0.483. The minimum Gasteiger partial charge on any atom is -0.328 e. The molecule has 0 radical (unpaired) electrons. The number of hydrogen-bond donors (Lipinski definition) is 0. The van der Waals surface area contributed by atoms with Gasteiger partial charge < -0.3 is 4.90 Å². The monoisotopic (exact) mass is 269 g/mol. The Labute approximate surface area is 119 Å². The second-order valence-corrected chi connectivity index (χ2v) is 5.63. The number of ketones is 1. The summed E-state index contributed by atoms with van der Waals surface area (Å²) >= 11 is 0. The molecular weight excluding hydrogens is 250 g/mol. The fraction of sp³-hybridized carbons (Fsp3) is 0.412. The highest BCUT2D eigenvalue weighted by molar-refractivity contribution is 6.46. The van der Waals surface area contributed by atoms with Crippen LogP contribution in [0.4, 0.5) is 0 Å². The molecule has 3 nitrogen and oxygen atoms in total. The summed E-state index contributed by atoms with van der Waals surface area (Å²) in [7, 11) is 0. The van der Waals surface area contributed by atoms with Crippen molar-refractivity contribution in [3.63, 3.8) is 0 Å². The van der Waals surface area contributed by atoms with Crippen LogP contribution in [0.1, 0.15) is 37.7 Å². The van der Waals surface area contributed by atoms with Crippen molar-refractivity contribution in [3.8, 4) is 0 Å². The van der Waals surface area contributed by atoms with E-state index in [4.69, 9.17) is 0 Å². The number of likely N-dealkylation sites (tertiary alicyclic amines) is 1. The molecule has 1 saturated heterocycles. The number of rotatable bonds is 2. The third-order valence-corrected chi connectivity index (χ3v) is 4.24. The molecule has 1 aliphatic heterocycles. The molecule has 0 bridgehead atoms. The molecule has 0 N–H and O–H groups in total. The lowest BCUT2D eigenvalue weighted by Gasteiger charge is -2.30. The van der Waals surface area contributed by atoms with Crippen LogP contribution in [-0.4, -0.2) is 29.2 Å². The summed E-state index contributed by atoms with van der Waals surface area (Å²) < 4.78 is 0. The minimum atomic E-state index is -0.320. The number of amides is 1. The molecule has 0 aromatic heterocycles. The lowest BCUT2D eigenvalue weighted by Crippen LogP contribution is -2.38. The second-order valence-electron chi connectivity index (χ2n) is 5.63. The molecule has 1 aromatic carbocycles. The SMILES string of the molecule is O=C1C(=O)N(C2CCCCC2)C/C1=C/c1ccccc1. The topological polar surface area (TPSA) is 37.4 Å². The van der Waals surface area contributed by atoms with Crippen LogP contribution in [0.2, 0.25) is 0 Å². The lowest BCUT2D eigenvalue weighted by molar-refractivity contribution is -0.140. The highest BCUT2D eigenvalue weighted by Gasteiger charge is 2.38. The van der Waals surface area contributed by atoms with Gasteiger partial charge in [-0.3, -0.25) is 9.59 Å². The van der Waals surface area contributed by atoms with Crippen molar-refractivity contribution in [2.45, 2.75) is 38.1 Å². The maximum absolute atomic E-state index is 12.1. The standard InChI is InChI=1S/C17H19NO2/c19-16-14(11-13-7-3-1-4-8-13)12-18(17(16)20)15-9-5-2-6-10-15/h1,3-4,7-8,11,15H,2,5-6,9-10,12H2/b14-11-. The minimum absolute atomic E-state index is 0.266. The van der Waals surface area contributed by atoms with E-state index in [1.165, 1.54) is 19.3 Å². The van der Waals surface area contributed by atoms with Crippen molar-refractivity contribution in [1.82, 2.24) is 4.90 Å².